The van der Waals surface area contributed by atoms with Crippen LogP contribution in [0.1, 0.15) is 81.2 Å². The second kappa shape index (κ2) is 24.3. The minimum absolute atomic E-state index is 0.0869. The summed E-state index contributed by atoms with van der Waals surface area (Å²) in [5, 5.41) is 0. The van der Waals surface area contributed by atoms with Crippen LogP contribution in [0.15, 0.2) is 188 Å². The molecule has 0 saturated carbocycles. The number of pyridine rings is 1. The highest BCUT2D eigenvalue weighted by Gasteiger charge is 2.29. The van der Waals surface area contributed by atoms with Crippen LogP contribution in [-0.4, -0.2) is 95.6 Å². The lowest BCUT2D eigenvalue weighted by Gasteiger charge is -2.31. The average molecular weight is 1010 g/mol. The zero-order chi connectivity index (χ0) is 52.1. The van der Waals surface area contributed by atoms with Crippen molar-refractivity contribution < 1.29 is 19.1 Å². The van der Waals surface area contributed by atoms with E-state index in [4.69, 9.17) is 14.7 Å². The van der Waals surface area contributed by atoms with Gasteiger partial charge in [0.2, 0.25) is 5.88 Å². The van der Waals surface area contributed by atoms with Crippen LogP contribution >= 0.6 is 0 Å². The van der Waals surface area contributed by atoms with E-state index in [0.717, 1.165) is 113 Å². The van der Waals surface area contributed by atoms with Gasteiger partial charge in [0.1, 0.15) is 23.5 Å². The first-order valence-electron chi connectivity index (χ1n) is 26.0. The number of benzene rings is 6. The molecule has 2 aliphatic rings. The molecule has 0 unspecified atom stereocenters. The number of ether oxygens (including phenoxy) is 1. The number of hydrogen-bond donors (Lipinski definition) is 2. The Kier molecular flexibility index (Phi) is 16.1. The van der Waals surface area contributed by atoms with Gasteiger partial charge in [-0.15, -0.1) is 0 Å². The third-order valence-corrected chi connectivity index (χ3v) is 13.9. The van der Waals surface area contributed by atoms with Crippen LogP contribution in [0.2, 0.25) is 0 Å². The maximum Gasteiger partial charge on any atom is 0.260 e. The zero-order valence-corrected chi connectivity index (χ0v) is 42.5. The molecule has 13 nitrogen and oxygen atoms in total. The summed E-state index contributed by atoms with van der Waals surface area (Å²) in [5.41, 5.74) is 11.2. The largest absolute Gasteiger partial charge is 0.477 e. The maximum absolute atomic E-state index is 13.3. The van der Waals surface area contributed by atoms with Crippen molar-refractivity contribution in [3.63, 3.8) is 0 Å². The van der Waals surface area contributed by atoms with Crippen molar-refractivity contribution in [1.29, 1.82) is 0 Å². The number of para-hydroxylation sites is 4. The minimum Gasteiger partial charge on any atom is -0.477 e. The molecule has 0 radical (unpaired) electrons. The predicted octanol–water partition coefficient (Wildman–Crippen LogP) is 12.3. The fraction of sp³-hybridized carbons (Fsp3) is 0.206. The van der Waals surface area contributed by atoms with E-state index < -0.39 is 0 Å². The molecule has 2 fully saturated rings. The molecule has 2 aliphatic heterocycles. The lowest BCUT2D eigenvalue weighted by atomic mass is 9.93. The molecule has 76 heavy (non-hydrogen) atoms. The topological polar surface area (TPSA) is 163 Å². The Balaban J connectivity index is 0.000000139. The number of rotatable bonds is 11. The lowest BCUT2D eigenvalue weighted by molar-refractivity contribution is 0.0686. The van der Waals surface area contributed by atoms with Crippen molar-refractivity contribution in [1.82, 2.24) is 44.7 Å². The monoisotopic (exact) mass is 1010 g/mol. The third kappa shape index (κ3) is 12.3. The van der Waals surface area contributed by atoms with Gasteiger partial charge in [0.15, 0.2) is 5.82 Å². The molecule has 10 aromatic rings. The van der Waals surface area contributed by atoms with E-state index in [1.807, 2.05) is 162 Å². The summed E-state index contributed by atoms with van der Waals surface area (Å²) in [6.45, 7) is 5.25. The summed E-state index contributed by atoms with van der Waals surface area (Å²) in [6, 6.07) is 57.3. The third-order valence-electron chi connectivity index (χ3n) is 13.9. The Morgan fingerprint density at radius 3 is 1.79 bits per heavy atom. The van der Waals surface area contributed by atoms with E-state index in [-0.39, 0.29) is 11.8 Å². The number of nitrogens with one attached hydrogen (secondary N) is 2. The Hall–Kier alpha value is -9.10. The average Bonchev–Trinajstić information content (AvgIpc) is 4.13. The van der Waals surface area contributed by atoms with Gasteiger partial charge in [-0.25, -0.2) is 15.0 Å². The highest BCUT2D eigenvalue weighted by molar-refractivity contribution is 5.96. The molecule has 2 N–H and O–H groups in total. The number of aromatic amines is 2. The van der Waals surface area contributed by atoms with Gasteiger partial charge in [-0.1, -0.05) is 127 Å². The number of carbonyl (C=O) groups is 3. The van der Waals surface area contributed by atoms with Crippen molar-refractivity contribution in [2.45, 2.75) is 44.9 Å². The number of H-pyrrole nitrogens is 2. The van der Waals surface area contributed by atoms with Gasteiger partial charge in [0.25, 0.3) is 11.8 Å². The highest BCUT2D eigenvalue weighted by atomic mass is 16.5. The minimum atomic E-state index is -0.0869. The van der Waals surface area contributed by atoms with Gasteiger partial charge in [-0.05, 0) is 98.2 Å². The fourth-order valence-electron chi connectivity index (χ4n) is 9.78. The standard InChI is InChI=1S/C26H25N3O.C25H25N5O2.C12H9NO/c30-26(22-12-10-21(11-13-22)20-6-2-1-3-7-20)29-16-14-19(15-17-29)18-25-27-23-8-4-5-9-24(23)28-25;1-2-32-24-19(16-26-22(29-24)17-8-4-3-5-9-17)25(31)30-14-12-18(13-15-30)23-27-20-10-6-7-11-21(20)28-23;14-9-10-4-6-11(7-5-10)12-3-1-2-8-13-12/h1-13,19H,14-18H2,(H,27,28);3-11,16,18H,2,12-15H2,1H3,(H,27,28);1-9H. The smallest absolute Gasteiger partial charge is 0.260 e. The van der Waals surface area contributed by atoms with E-state index in [0.29, 0.717) is 54.4 Å². The van der Waals surface area contributed by atoms with Crippen LogP contribution in [0.5, 0.6) is 5.88 Å². The van der Waals surface area contributed by atoms with Crippen LogP contribution in [0.4, 0.5) is 0 Å². The predicted molar refractivity (Wildman–Crippen MR) is 298 cm³/mol. The molecule has 2 saturated heterocycles. The Morgan fingerprint density at radius 2 is 1.16 bits per heavy atom. The summed E-state index contributed by atoms with van der Waals surface area (Å²) in [6.07, 6.45) is 8.88. The molecule has 12 rings (SSSR count). The zero-order valence-electron chi connectivity index (χ0n) is 42.5. The van der Waals surface area contributed by atoms with Crippen LogP contribution < -0.4 is 4.74 Å². The quantitative estimate of drug-likeness (QED) is 0.120. The summed E-state index contributed by atoms with van der Waals surface area (Å²) in [4.78, 5) is 70.0. The molecule has 4 aromatic heterocycles. The Morgan fingerprint density at radius 1 is 0.579 bits per heavy atom. The maximum atomic E-state index is 13.3. The number of aldehydes is 1. The number of aromatic nitrogens is 7. The van der Waals surface area contributed by atoms with Crippen molar-refractivity contribution in [3.05, 3.63) is 217 Å². The molecule has 0 spiro atoms. The van der Waals surface area contributed by atoms with E-state index >= 15 is 0 Å². The van der Waals surface area contributed by atoms with Crippen LogP contribution in [0, 0.1) is 5.92 Å². The molecule has 13 heteroatoms. The first-order chi connectivity index (χ1) is 37.4. The normalized spacial score (nSPS) is 13.8. The van der Waals surface area contributed by atoms with Crippen molar-refractivity contribution in [2.24, 2.45) is 5.92 Å². The van der Waals surface area contributed by atoms with E-state index in [1.54, 1.807) is 24.5 Å². The Labute approximate surface area is 442 Å². The van der Waals surface area contributed by atoms with Crippen molar-refractivity contribution in [3.8, 4) is 39.7 Å². The summed E-state index contributed by atoms with van der Waals surface area (Å²) >= 11 is 0. The number of fused-ring (bicyclic) bond motifs is 2. The van der Waals surface area contributed by atoms with Gasteiger partial charge in [-0.2, -0.15) is 4.98 Å². The number of hydrogen-bond acceptors (Lipinski definition) is 9. The fourth-order valence-corrected chi connectivity index (χ4v) is 9.78. The number of piperidine rings is 2. The van der Waals surface area contributed by atoms with E-state index in [2.05, 4.69) is 43.1 Å². The van der Waals surface area contributed by atoms with E-state index in [1.165, 1.54) is 5.56 Å². The highest BCUT2D eigenvalue weighted by Crippen LogP contribution is 2.31. The van der Waals surface area contributed by atoms with Crippen LogP contribution in [0.25, 0.3) is 55.8 Å². The van der Waals surface area contributed by atoms with E-state index in [9.17, 15) is 14.4 Å². The van der Waals surface area contributed by atoms with Gasteiger partial charge in [0, 0.05) is 73.2 Å². The van der Waals surface area contributed by atoms with Gasteiger partial charge in [0.05, 0.1) is 34.4 Å². The molecule has 0 aliphatic carbocycles. The van der Waals surface area contributed by atoms with Crippen LogP contribution in [0.3, 0.4) is 0 Å². The first kappa shape index (κ1) is 50.4. The number of nitrogens with zero attached hydrogens (tertiary/aromatic N) is 7. The van der Waals surface area contributed by atoms with Crippen LogP contribution in [-0.2, 0) is 6.42 Å². The molecule has 0 bridgehead atoms. The SMILES string of the molecule is CCOc1nc(-c2ccccc2)ncc1C(=O)N1CCC(c2nc3ccccc3[nH]2)CC1.O=C(c1ccc(-c2ccccc2)cc1)N1CCC(Cc2nc3ccccc3[nH]2)CC1.O=Cc1ccc(-c2ccccn2)cc1. The molecule has 6 heterocycles. The lowest BCUT2D eigenvalue weighted by Crippen LogP contribution is -2.39. The Bertz CT molecular complexity index is 3430. The van der Waals surface area contributed by atoms with Gasteiger partial charge < -0.3 is 24.5 Å². The second-order valence-electron chi connectivity index (χ2n) is 19.0. The van der Waals surface area contributed by atoms with Gasteiger partial charge >= 0.3 is 0 Å². The molecule has 0 atom stereocenters. The molecular weight excluding hydrogens is 947 g/mol. The van der Waals surface area contributed by atoms with Gasteiger partial charge in [-0.3, -0.25) is 19.4 Å². The summed E-state index contributed by atoms with van der Waals surface area (Å²) < 4.78 is 5.72. The number of likely N-dealkylation sites (tertiary alicyclic amines) is 2. The van der Waals surface area contributed by atoms with Crippen molar-refractivity contribution >= 4 is 40.2 Å². The molecular formula is C63H59N9O4. The second-order valence-corrected chi connectivity index (χ2v) is 19.0. The number of amides is 2. The molecule has 380 valence electrons. The van der Waals surface area contributed by atoms with Crippen molar-refractivity contribution in [2.75, 3.05) is 32.8 Å². The first-order valence-corrected chi connectivity index (χ1v) is 26.0. The number of carbonyl (C=O) groups excluding carboxylic acids is 3. The molecule has 6 aromatic carbocycles. The summed E-state index contributed by atoms with van der Waals surface area (Å²) in [5.74, 6) is 3.87. The molecule has 2 amide bonds. The number of imidazole rings is 2. The summed E-state index contributed by atoms with van der Waals surface area (Å²) in [7, 11) is 0.